The predicted molar refractivity (Wildman–Crippen MR) is 77.6 cm³/mol. The van der Waals surface area contributed by atoms with Gasteiger partial charge in [0.05, 0.1) is 10.6 Å². The summed E-state index contributed by atoms with van der Waals surface area (Å²) in [5, 5.41) is 9.39. The van der Waals surface area contributed by atoms with Crippen LogP contribution in [0, 0.1) is 0 Å². The highest BCUT2D eigenvalue weighted by molar-refractivity contribution is 6.33. The van der Waals surface area contributed by atoms with Crippen LogP contribution in [0.3, 0.4) is 0 Å². The summed E-state index contributed by atoms with van der Waals surface area (Å²) in [6.45, 7) is 5.28. The smallest absolute Gasteiger partial charge is 0.337 e. The van der Waals surface area contributed by atoms with Crippen molar-refractivity contribution in [3.63, 3.8) is 0 Å². The van der Waals surface area contributed by atoms with Gasteiger partial charge in [0.15, 0.2) is 0 Å². The zero-order valence-corrected chi connectivity index (χ0v) is 12.2. The van der Waals surface area contributed by atoms with Crippen LogP contribution in [0.4, 0.5) is 5.82 Å². The monoisotopic (exact) mass is 295 g/mol. The van der Waals surface area contributed by atoms with Crippen LogP contribution in [0.1, 0.15) is 30.1 Å². The summed E-state index contributed by atoms with van der Waals surface area (Å²) in [6.07, 6.45) is 3.86. The molecule has 0 saturated carbocycles. The van der Waals surface area contributed by atoms with Crippen molar-refractivity contribution in [1.29, 1.82) is 0 Å². The first kappa shape index (κ1) is 13.6. The van der Waals surface area contributed by atoms with Gasteiger partial charge in [0, 0.05) is 31.4 Å². The quantitative estimate of drug-likeness (QED) is 0.905. The topological polar surface area (TPSA) is 56.7 Å². The second-order valence-corrected chi connectivity index (χ2v) is 6.03. The Hall–Kier alpha value is -1.33. The van der Waals surface area contributed by atoms with E-state index in [2.05, 4.69) is 21.7 Å². The van der Waals surface area contributed by atoms with E-state index in [0.29, 0.717) is 22.9 Å². The third kappa shape index (κ3) is 2.36. The van der Waals surface area contributed by atoms with Gasteiger partial charge in [0.25, 0.3) is 0 Å². The fraction of sp³-hybridized carbons (Fsp3) is 0.571. The van der Waals surface area contributed by atoms with Gasteiger partial charge < -0.3 is 10.0 Å². The Bertz CT molecular complexity index is 537. The van der Waals surface area contributed by atoms with Gasteiger partial charge in [-0.05, 0) is 32.4 Å². The number of halogens is 1. The molecule has 2 saturated heterocycles. The lowest BCUT2D eigenvalue weighted by Gasteiger charge is -2.43. The van der Waals surface area contributed by atoms with Gasteiger partial charge in [0.1, 0.15) is 5.82 Å². The molecular weight excluding hydrogens is 278 g/mol. The second-order valence-electron chi connectivity index (χ2n) is 5.63. The van der Waals surface area contributed by atoms with Gasteiger partial charge >= 0.3 is 5.97 Å². The molecular formula is C14H18ClN3O2. The van der Waals surface area contributed by atoms with E-state index in [9.17, 15) is 4.79 Å². The molecule has 0 aliphatic carbocycles. The summed E-state index contributed by atoms with van der Waals surface area (Å²) in [5.41, 5.74) is 0.130. The van der Waals surface area contributed by atoms with Crippen LogP contribution >= 0.6 is 11.6 Å². The third-order valence-electron chi connectivity index (χ3n) is 4.28. The average molecular weight is 296 g/mol. The molecule has 108 valence electrons. The van der Waals surface area contributed by atoms with Crippen molar-refractivity contribution in [3.05, 3.63) is 22.8 Å². The molecule has 6 heteroatoms. The first-order chi connectivity index (χ1) is 9.56. The minimum Gasteiger partial charge on any atom is -0.478 e. The van der Waals surface area contributed by atoms with Crippen LogP contribution < -0.4 is 4.90 Å². The molecule has 1 aromatic rings. The number of anilines is 1. The Kier molecular flexibility index (Phi) is 3.56. The summed E-state index contributed by atoms with van der Waals surface area (Å²) in [5.74, 6) is -0.296. The van der Waals surface area contributed by atoms with Crippen molar-refractivity contribution >= 4 is 23.4 Å². The highest BCUT2D eigenvalue weighted by Crippen LogP contribution is 2.31. The maximum Gasteiger partial charge on any atom is 0.337 e. The molecule has 3 heterocycles. The molecule has 1 aromatic heterocycles. The van der Waals surface area contributed by atoms with Crippen molar-refractivity contribution < 1.29 is 9.90 Å². The molecule has 1 N–H and O–H groups in total. The van der Waals surface area contributed by atoms with E-state index >= 15 is 0 Å². The number of aromatic nitrogens is 1. The van der Waals surface area contributed by atoms with Gasteiger partial charge in [-0.1, -0.05) is 11.6 Å². The van der Waals surface area contributed by atoms with E-state index in [0.717, 1.165) is 13.1 Å². The second kappa shape index (κ2) is 5.22. The lowest BCUT2D eigenvalue weighted by Crippen LogP contribution is -2.55. The molecule has 2 fully saturated rings. The summed E-state index contributed by atoms with van der Waals surface area (Å²) < 4.78 is 0. The lowest BCUT2D eigenvalue weighted by molar-refractivity contribution is 0.0696. The Balaban J connectivity index is 1.86. The highest BCUT2D eigenvalue weighted by atomic mass is 35.5. The van der Waals surface area contributed by atoms with Crippen LogP contribution in [0.15, 0.2) is 12.3 Å². The number of pyridine rings is 1. The van der Waals surface area contributed by atoms with Crippen molar-refractivity contribution in [1.82, 2.24) is 9.88 Å². The van der Waals surface area contributed by atoms with Gasteiger partial charge in [0.2, 0.25) is 0 Å². The number of aromatic carboxylic acids is 1. The zero-order valence-electron chi connectivity index (χ0n) is 11.4. The molecule has 2 aliphatic heterocycles. The van der Waals surface area contributed by atoms with Crippen molar-refractivity contribution in [2.45, 2.75) is 31.8 Å². The molecule has 0 radical (unpaired) electrons. The molecule has 2 aliphatic rings. The Labute approximate surface area is 123 Å². The predicted octanol–water partition coefficient (Wildman–Crippen LogP) is 2.11. The average Bonchev–Trinajstić information content (AvgIpc) is 2.84. The summed E-state index contributed by atoms with van der Waals surface area (Å²) in [7, 11) is 0. The van der Waals surface area contributed by atoms with Crippen LogP contribution in [0.2, 0.25) is 5.02 Å². The van der Waals surface area contributed by atoms with E-state index < -0.39 is 5.97 Å². The Morgan fingerprint density at radius 2 is 2.30 bits per heavy atom. The third-order valence-corrected chi connectivity index (χ3v) is 4.56. The minimum atomic E-state index is -1.00. The number of nitrogens with zero attached hydrogens (tertiary/aromatic N) is 3. The molecule has 2 unspecified atom stereocenters. The van der Waals surface area contributed by atoms with Crippen LogP contribution in [-0.2, 0) is 0 Å². The fourth-order valence-electron chi connectivity index (χ4n) is 3.24. The minimum absolute atomic E-state index is 0.130. The Morgan fingerprint density at radius 1 is 1.50 bits per heavy atom. The summed E-state index contributed by atoms with van der Waals surface area (Å²) in [4.78, 5) is 20.0. The van der Waals surface area contributed by atoms with Gasteiger partial charge in [-0.2, -0.15) is 0 Å². The fourth-order valence-corrected chi connectivity index (χ4v) is 3.52. The van der Waals surface area contributed by atoms with Gasteiger partial charge in [-0.15, -0.1) is 0 Å². The van der Waals surface area contributed by atoms with E-state index in [1.54, 1.807) is 0 Å². The molecule has 2 atom stereocenters. The van der Waals surface area contributed by atoms with Gasteiger partial charge in [-0.25, -0.2) is 9.78 Å². The molecule has 0 spiro atoms. The van der Waals surface area contributed by atoms with Gasteiger partial charge in [-0.3, -0.25) is 4.90 Å². The molecule has 0 aromatic carbocycles. The molecule has 3 rings (SSSR count). The van der Waals surface area contributed by atoms with E-state index in [1.807, 2.05) is 0 Å². The molecule has 0 bridgehead atoms. The molecule has 5 nitrogen and oxygen atoms in total. The van der Waals surface area contributed by atoms with Crippen LogP contribution in [0.5, 0.6) is 0 Å². The van der Waals surface area contributed by atoms with Crippen molar-refractivity contribution in [2.24, 2.45) is 0 Å². The largest absolute Gasteiger partial charge is 0.478 e. The number of hydrogen-bond donors (Lipinski definition) is 1. The molecule has 0 amide bonds. The van der Waals surface area contributed by atoms with E-state index in [1.165, 1.54) is 31.6 Å². The number of piperazine rings is 1. The first-order valence-corrected chi connectivity index (χ1v) is 7.33. The maximum absolute atomic E-state index is 10.9. The zero-order chi connectivity index (χ0) is 14.3. The number of carbonyl (C=O) groups is 1. The number of carboxylic acids is 1. The highest BCUT2D eigenvalue weighted by Gasteiger charge is 2.35. The number of hydrogen-bond acceptors (Lipinski definition) is 4. The SMILES string of the molecule is CC1CN2CCCC2CN1c1ncc(C(=O)O)cc1Cl. The summed E-state index contributed by atoms with van der Waals surface area (Å²) >= 11 is 6.23. The van der Waals surface area contributed by atoms with Crippen LogP contribution in [-0.4, -0.2) is 52.7 Å². The molecule has 20 heavy (non-hydrogen) atoms. The number of carboxylic acid groups (broad SMARTS) is 1. The van der Waals surface area contributed by atoms with Crippen LogP contribution in [0.25, 0.3) is 0 Å². The lowest BCUT2D eigenvalue weighted by atomic mass is 10.1. The standard InChI is InChI=1S/C14H18ClN3O2/c1-9-7-17-4-2-3-11(17)8-18(9)13-12(15)5-10(6-16-13)14(19)20/h5-6,9,11H,2-4,7-8H2,1H3,(H,19,20). The normalized spacial score (nSPS) is 26.6. The Morgan fingerprint density at radius 3 is 3.00 bits per heavy atom. The number of fused-ring (bicyclic) bond motifs is 1. The first-order valence-electron chi connectivity index (χ1n) is 6.96. The maximum atomic E-state index is 10.9. The van der Waals surface area contributed by atoms with E-state index in [4.69, 9.17) is 16.7 Å². The van der Waals surface area contributed by atoms with E-state index in [-0.39, 0.29) is 5.56 Å². The number of rotatable bonds is 2. The van der Waals surface area contributed by atoms with Crippen molar-refractivity contribution in [2.75, 3.05) is 24.5 Å². The summed E-state index contributed by atoms with van der Waals surface area (Å²) in [6, 6.07) is 2.40. The van der Waals surface area contributed by atoms with Crippen molar-refractivity contribution in [3.8, 4) is 0 Å².